The first-order chi connectivity index (χ1) is 13.4. The molecule has 0 aliphatic carbocycles. The van der Waals surface area contributed by atoms with Crippen molar-refractivity contribution in [2.24, 2.45) is 0 Å². The highest BCUT2D eigenvalue weighted by Gasteiger charge is 2.53. The third kappa shape index (κ3) is 1.96. The lowest BCUT2D eigenvalue weighted by Crippen LogP contribution is -2.65. The van der Waals surface area contributed by atoms with E-state index in [9.17, 15) is 0 Å². The van der Waals surface area contributed by atoms with E-state index in [2.05, 4.69) is 105 Å². The van der Waals surface area contributed by atoms with Crippen LogP contribution in [0.1, 0.15) is 51.7 Å². The molecule has 5 rings (SSSR count). The molecule has 28 heavy (non-hydrogen) atoms. The van der Waals surface area contributed by atoms with E-state index in [-0.39, 0.29) is 11.0 Å². The van der Waals surface area contributed by atoms with Gasteiger partial charge in [-0.1, -0.05) is 51.1 Å². The Kier molecular flexibility index (Phi) is 3.56. The molecule has 2 atom stereocenters. The highest BCUT2D eigenvalue weighted by Crippen LogP contribution is 2.50. The molecular formula is C26H29N2+. The van der Waals surface area contributed by atoms with Crippen molar-refractivity contribution < 1.29 is 4.57 Å². The summed E-state index contributed by atoms with van der Waals surface area (Å²) in [6, 6.07) is 15.7. The Morgan fingerprint density at radius 2 is 1.71 bits per heavy atom. The Hall–Kier alpha value is -2.61. The second kappa shape index (κ2) is 5.70. The molecule has 4 aromatic rings. The normalized spacial score (nSPS) is 23.8. The minimum atomic E-state index is 0.0427. The van der Waals surface area contributed by atoms with E-state index in [1.165, 1.54) is 38.7 Å². The van der Waals surface area contributed by atoms with Gasteiger partial charge in [0, 0.05) is 5.41 Å². The lowest BCUT2D eigenvalue weighted by atomic mass is 9.61. The molecule has 0 saturated heterocycles. The molecule has 0 saturated carbocycles. The topological polar surface area (TPSA) is 8.29 Å². The van der Waals surface area contributed by atoms with E-state index in [1.807, 2.05) is 0 Å². The third-order valence-electron chi connectivity index (χ3n) is 7.79. The van der Waals surface area contributed by atoms with Crippen molar-refractivity contribution in [3.8, 4) is 11.1 Å². The average Bonchev–Trinajstić information content (AvgIpc) is 3.16. The number of hydrogen-bond acceptors (Lipinski definition) is 0. The molecule has 0 N–H and O–H groups in total. The number of rotatable bonds is 3. The van der Waals surface area contributed by atoms with Gasteiger partial charge in [0.1, 0.15) is 17.9 Å². The number of aromatic nitrogens is 2. The van der Waals surface area contributed by atoms with Crippen LogP contribution in [0.2, 0.25) is 0 Å². The summed E-state index contributed by atoms with van der Waals surface area (Å²) < 4.78 is 4.87. The zero-order valence-corrected chi connectivity index (χ0v) is 17.6. The largest absolute Gasteiger partial charge is 0.294 e. The number of benzene rings is 2. The van der Waals surface area contributed by atoms with Crippen molar-refractivity contribution in [3.05, 3.63) is 72.2 Å². The van der Waals surface area contributed by atoms with E-state index in [1.54, 1.807) is 0 Å². The van der Waals surface area contributed by atoms with Gasteiger partial charge in [-0.3, -0.25) is 0 Å². The molecule has 0 radical (unpaired) electrons. The summed E-state index contributed by atoms with van der Waals surface area (Å²) in [7, 11) is 0. The predicted octanol–water partition coefficient (Wildman–Crippen LogP) is 6.16. The monoisotopic (exact) mass is 369 g/mol. The van der Waals surface area contributed by atoms with E-state index in [0.717, 1.165) is 12.8 Å². The first-order valence-corrected chi connectivity index (χ1v) is 10.5. The summed E-state index contributed by atoms with van der Waals surface area (Å²) in [5, 5.41) is 2.81. The Morgan fingerprint density at radius 3 is 2.39 bits per heavy atom. The molecule has 2 unspecified atom stereocenters. The van der Waals surface area contributed by atoms with Gasteiger partial charge in [-0.2, -0.15) is 0 Å². The smallest absolute Gasteiger partial charge is 0.224 e. The van der Waals surface area contributed by atoms with Crippen molar-refractivity contribution in [2.75, 3.05) is 0 Å². The summed E-state index contributed by atoms with van der Waals surface area (Å²) in [5.74, 6) is 0. The summed E-state index contributed by atoms with van der Waals surface area (Å²) in [5.41, 5.74) is 6.91. The van der Waals surface area contributed by atoms with E-state index < -0.39 is 0 Å². The van der Waals surface area contributed by atoms with Gasteiger partial charge in [0.25, 0.3) is 5.65 Å². The first-order valence-electron chi connectivity index (χ1n) is 10.5. The summed E-state index contributed by atoms with van der Waals surface area (Å²) >= 11 is 0. The molecule has 3 heterocycles. The fraction of sp³-hybridized carbons (Fsp3) is 0.346. The van der Waals surface area contributed by atoms with Gasteiger partial charge in [-0.25, -0.2) is 8.97 Å². The Labute approximate surface area is 167 Å². The van der Waals surface area contributed by atoms with Crippen LogP contribution in [-0.2, 0) is 11.0 Å². The van der Waals surface area contributed by atoms with Crippen LogP contribution >= 0.6 is 0 Å². The zero-order chi connectivity index (χ0) is 19.7. The van der Waals surface area contributed by atoms with E-state index in [0.29, 0.717) is 0 Å². The van der Waals surface area contributed by atoms with Gasteiger partial charge in [0.05, 0.1) is 11.6 Å². The minimum absolute atomic E-state index is 0.0427. The lowest BCUT2D eigenvalue weighted by molar-refractivity contribution is -0.750. The van der Waals surface area contributed by atoms with Crippen molar-refractivity contribution in [2.45, 2.75) is 58.4 Å². The fourth-order valence-electron chi connectivity index (χ4n) is 5.55. The zero-order valence-electron chi connectivity index (χ0n) is 17.6. The highest BCUT2D eigenvalue weighted by atomic mass is 15.2. The highest BCUT2D eigenvalue weighted by molar-refractivity contribution is 6.01. The van der Waals surface area contributed by atoms with Crippen LogP contribution in [0.25, 0.3) is 27.5 Å². The number of pyridine rings is 1. The van der Waals surface area contributed by atoms with Gasteiger partial charge >= 0.3 is 0 Å². The van der Waals surface area contributed by atoms with Crippen molar-refractivity contribution >= 4 is 16.4 Å². The quantitative estimate of drug-likeness (QED) is 0.382. The third-order valence-corrected chi connectivity index (χ3v) is 7.79. The lowest BCUT2D eigenvalue weighted by Gasteiger charge is -2.46. The minimum Gasteiger partial charge on any atom is -0.224 e. The predicted molar refractivity (Wildman–Crippen MR) is 117 cm³/mol. The second-order valence-electron chi connectivity index (χ2n) is 8.84. The maximum atomic E-state index is 2.55. The van der Waals surface area contributed by atoms with Gasteiger partial charge in [-0.15, -0.1) is 0 Å². The van der Waals surface area contributed by atoms with Crippen molar-refractivity contribution in [3.63, 3.8) is 0 Å². The molecule has 0 bridgehead atoms. The molecule has 0 fully saturated rings. The summed E-state index contributed by atoms with van der Waals surface area (Å²) in [4.78, 5) is 0. The number of imidazole rings is 1. The number of aryl methyl sites for hydroxylation is 1. The SMILES string of the molecule is CCC1(C)c2cc(-c3ccccc3)cc3c(C)cn4cc[n+](c4c23)C1(C)CC. The molecule has 1 aliphatic heterocycles. The molecular weight excluding hydrogens is 340 g/mol. The maximum Gasteiger partial charge on any atom is 0.294 e. The molecule has 142 valence electrons. The van der Waals surface area contributed by atoms with Crippen LogP contribution in [0.15, 0.2) is 61.1 Å². The van der Waals surface area contributed by atoms with Crippen LogP contribution in [0.3, 0.4) is 0 Å². The van der Waals surface area contributed by atoms with Gasteiger partial charge in [-0.05, 0) is 66.5 Å². The van der Waals surface area contributed by atoms with E-state index >= 15 is 0 Å². The summed E-state index contributed by atoms with van der Waals surface area (Å²) in [6.45, 7) is 11.8. The van der Waals surface area contributed by atoms with Crippen LogP contribution in [-0.4, -0.2) is 4.40 Å². The van der Waals surface area contributed by atoms with Gasteiger partial charge in [0.2, 0.25) is 0 Å². The molecule has 2 heteroatoms. The van der Waals surface area contributed by atoms with Crippen LogP contribution in [0.5, 0.6) is 0 Å². The molecule has 2 nitrogen and oxygen atoms in total. The molecule has 2 aromatic carbocycles. The average molecular weight is 370 g/mol. The second-order valence-corrected chi connectivity index (χ2v) is 8.84. The number of hydrogen-bond donors (Lipinski definition) is 0. The first kappa shape index (κ1) is 17.5. The number of nitrogens with zero attached hydrogens (tertiary/aromatic N) is 2. The van der Waals surface area contributed by atoms with E-state index in [4.69, 9.17) is 0 Å². The standard InChI is InChI=1S/C26H29N2/c1-6-25(4)22-16-20(19-11-9-8-10-12-19)15-21-18(3)17-27-13-14-28(24(27)23(21)22)26(25,5)7-2/h8-17H,6-7H2,1-5H3/q+1. The Morgan fingerprint density at radius 1 is 0.964 bits per heavy atom. The van der Waals surface area contributed by atoms with Gasteiger partial charge in [0.15, 0.2) is 0 Å². The molecule has 0 spiro atoms. The van der Waals surface area contributed by atoms with Crippen molar-refractivity contribution in [1.82, 2.24) is 4.40 Å². The van der Waals surface area contributed by atoms with Crippen LogP contribution < -0.4 is 4.57 Å². The fourth-order valence-corrected chi connectivity index (χ4v) is 5.55. The van der Waals surface area contributed by atoms with Crippen molar-refractivity contribution in [1.29, 1.82) is 0 Å². The Balaban J connectivity index is 2.01. The van der Waals surface area contributed by atoms with Gasteiger partial charge < -0.3 is 0 Å². The molecule has 1 aliphatic rings. The molecule has 0 amide bonds. The molecule has 2 aromatic heterocycles. The Bertz CT molecular complexity index is 1220. The van der Waals surface area contributed by atoms with Crippen LogP contribution in [0.4, 0.5) is 0 Å². The maximum absolute atomic E-state index is 2.55. The van der Waals surface area contributed by atoms with Crippen LogP contribution in [0, 0.1) is 6.92 Å². The summed E-state index contributed by atoms with van der Waals surface area (Å²) in [6.07, 6.45) is 9.03.